The van der Waals surface area contributed by atoms with E-state index in [0.717, 1.165) is 95.3 Å². The van der Waals surface area contributed by atoms with Crippen LogP contribution in [0.1, 0.15) is 22.3 Å². The van der Waals surface area contributed by atoms with Crippen LogP contribution in [0.5, 0.6) is 11.5 Å². The molecule has 12 rings (SSSR count). The fourth-order valence-corrected chi connectivity index (χ4v) is 10.2. The number of nitrogens with zero attached hydrogens (tertiary/aromatic N) is 6. The van der Waals surface area contributed by atoms with Gasteiger partial charge in [0.1, 0.15) is 0 Å². The first-order valence-electron chi connectivity index (χ1n) is 19.1. The van der Waals surface area contributed by atoms with Crippen LogP contribution >= 0.6 is 11.8 Å². The number of ether oxygens (including phenoxy) is 1. The maximum Gasteiger partial charge on any atom is 0.165 e. The first-order chi connectivity index (χ1) is 28.8. The van der Waals surface area contributed by atoms with E-state index < -0.39 is 5.41 Å². The van der Waals surface area contributed by atoms with E-state index in [9.17, 15) is 0 Å². The molecule has 58 heavy (non-hydrogen) atoms. The zero-order valence-corrected chi connectivity index (χ0v) is 31.6. The first-order valence-corrected chi connectivity index (χ1v) is 19.9. The van der Waals surface area contributed by atoms with Gasteiger partial charge in [0.2, 0.25) is 0 Å². The maximum atomic E-state index is 6.99. The van der Waals surface area contributed by atoms with Gasteiger partial charge in [0.05, 0.1) is 50.2 Å². The Morgan fingerprint density at radius 1 is 0.500 bits per heavy atom. The predicted octanol–water partition coefficient (Wildman–Crippen LogP) is 12.1. The van der Waals surface area contributed by atoms with Gasteiger partial charge >= 0.3 is 0 Å². The molecule has 1 unspecified atom stereocenters. The minimum absolute atomic E-state index is 0.700. The van der Waals surface area contributed by atoms with Crippen LogP contribution in [0.15, 0.2) is 192 Å². The molecule has 1 atom stereocenters. The Kier molecular flexibility index (Phi) is 7.24. The topological polar surface area (TPSA) is 76.9 Å². The second-order valence-electron chi connectivity index (χ2n) is 14.5. The third-order valence-corrected chi connectivity index (χ3v) is 12.5. The molecule has 0 N–H and O–H groups in total. The molecule has 272 valence electrons. The zero-order valence-electron chi connectivity index (χ0n) is 30.8. The highest BCUT2D eigenvalue weighted by Gasteiger charge is 2.53. The largest absolute Gasteiger partial charge is 0.452 e. The van der Waals surface area contributed by atoms with Crippen LogP contribution in [0.2, 0.25) is 0 Å². The molecule has 7 nitrogen and oxygen atoms in total. The van der Waals surface area contributed by atoms with Crippen molar-refractivity contribution in [2.24, 2.45) is 0 Å². The molecular formula is C50H30N6OS. The predicted molar refractivity (Wildman–Crippen MR) is 228 cm³/mol. The van der Waals surface area contributed by atoms with Crippen molar-refractivity contribution in [1.29, 1.82) is 0 Å². The lowest BCUT2D eigenvalue weighted by Crippen LogP contribution is -2.32. The Labute approximate surface area is 338 Å². The molecule has 0 fully saturated rings. The van der Waals surface area contributed by atoms with Gasteiger partial charge in [-0.2, -0.15) is 0 Å². The number of pyridine rings is 5. The van der Waals surface area contributed by atoms with Gasteiger partial charge in [-0.3, -0.25) is 15.0 Å². The summed E-state index contributed by atoms with van der Waals surface area (Å²) in [5.74, 6) is 1.65. The maximum absolute atomic E-state index is 6.99. The molecule has 5 aromatic heterocycles. The van der Waals surface area contributed by atoms with Gasteiger partial charge in [0, 0.05) is 58.3 Å². The summed E-state index contributed by atoms with van der Waals surface area (Å²) in [6, 6.07) is 52.8. The van der Waals surface area contributed by atoms with Crippen molar-refractivity contribution in [2.75, 3.05) is 4.90 Å². The number of fused-ring (bicyclic) bond motifs is 12. The number of rotatable bonds is 4. The van der Waals surface area contributed by atoms with Gasteiger partial charge in [-0.05, 0) is 107 Å². The van der Waals surface area contributed by atoms with E-state index in [1.807, 2.05) is 55.0 Å². The minimum atomic E-state index is -0.700. The Bertz CT molecular complexity index is 3030. The fourth-order valence-electron chi connectivity index (χ4n) is 8.90. The van der Waals surface area contributed by atoms with Gasteiger partial charge in [0.25, 0.3) is 0 Å². The summed E-state index contributed by atoms with van der Waals surface area (Å²) in [7, 11) is 0. The van der Waals surface area contributed by atoms with Crippen molar-refractivity contribution in [2.45, 2.75) is 15.2 Å². The molecular weight excluding hydrogens is 733 g/mol. The summed E-state index contributed by atoms with van der Waals surface area (Å²) >= 11 is 1.77. The highest BCUT2D eigenvalue weighted by atomic mass is 32.2. The molecule has 0 saturated carbocycles. The minimum Gasteiger partial charge on any atom is -0.452 e. The van der Waals surface area contributed by atoms with Crippen molar-refractivity contribution in [3.8, 4) is 56.7 Å². The average Bonchev–Trinajstić information content (AvgIpc) is 3.59. The zero-order chi connectivity index (χ0) is 38.2. The summed E-state index contributed by atoms with van der Waals surface area (Å²) in [6.45, 7) is 0. The number of benzene rings is 4. The summed E-state index contributed by atoms with van der Waals surface area (Å²) in [6.07, 6.45) is 9.11. The smallest absolute Gasteiger partial charge is 0.165 e. The van der Waals surface area contributed by atoms with Crippen molar-refractivity contribution in [3.05, 3.63) is 205 Å². The molecule has 0 saturated heterocycles. The number of aromatic nitrogens is 5. The Morgan fingerprint density at radius 3 is 1.98 bits per heavy atom. The highest BCUT2D eigenvalue weighted by Crippen LogP contribution is 2.65. The third-order valence-electron chi connectivity index (χ3n) is 11.3. The molecule has 7 heterocycles. The molecule has 0 radical (unpaired) electrons. The molecule has 8 heteroatoms. The summed E-state index contributed by atoms with van der Waals surface area (Å²) < 4.78 is 6.99. The normalized spacial score (nSPS) is 15.3. The summed E-state index contributed by atoms with van der Waals surface area (Å²) in [5.41, 5.74) is 13.9. The third kappa shape index (κ3) is 4.79. The Balaban J connectivity index is 1.09. The standard InChI is InChI=1S/C50H30N6OS/c1-2-13-34(14-3-1)56-42-17-5-6-18-44(42)57-48-43(56)23-21-38-49(48)58-45-19-7-4-15-35(45)50(38)36-16-10-26-53-46(36)47-37(50)20-22-39(55-47)33-27-40(31-11-8-24-51-29-31)54-41(28-33)32-12-9-25-52-30-32/h1-30H. The molecule has 3 aliphatic rings. The number of hydrogen-bond donors (Lipinski definition) is 0. The van der Waals surface area contributed by atoms with Crippen LogP contribution in [0.4, 0.5) is 17.1 Å². The second kappa shape index (κ2) is 12.8. The van der Waals surface area contributed by atoms with Crippen molar-refractivity contribution >= 4 is 28.8 Å². The lowest BCUT2D eigenvalue weighted by Gasteiger charge is -2.41. The van der Waals surface area contributed by atoms with Gasteiger partial charge in [0.15, 0.2) is 11.5 Å². The highest BCUT2D eigenvalue weighted by molar-refractivity contribution is 7.99. The molecule has 1 aliphatic carbocycles. The number of hydrogen-bond acceptors (Lipinski definition) is 8. The number of anilines is 3. The van der Waals surface area contributed by atoms with Crippen LogP contribution in [-0.2, 0) is 5.41 Å². The first kappa shape index (κ1) is 32.8. The quantitative estimate of drug-likeness (QED) is 0.175. The molecule has 1 spiro atoms. The second-order valence-corrected chi connectivity index (χ2v) is 15.5. The van der Waals surface area contributed by atoms with Crippen molar-refractivity contribution in [1.82, 2.24) is 24.9 Å². The molecule has 2 aliphatic heterocycles. The molecule has 0 bridgehead atoms. The van der Waals surface area contributed by atoms with Gasteiger partial charge in [-0.25, -0.2) is 9.97 Å². The molecule has 0 amide bonds. The van der Waals surface area contributed by atoms with Gasteiger partial charge in [-0.15, -0.1) is 0 Å². The fraction of sp³-hybridized carbons (Fsp3) is 0.0200. The van der Waals surface area contributed by atoms with Crippen molar-refractivity contribution < 1.29 is 4.74 Å². The van der Waals surface area contributed by atoms with Crippen molar-refractivity contribution in [3.63, 3.8) is 0 Å². The van der Waals surface area contributed by atoms with E-state index in [0.29, 0.717) is 0 Å². The molecule has 9 aromatic rings. The Hall–Kier alpha value is -7.42. The number of para-hydroxylation sites is 3. The van der Waals surface area contributed by atoms with E-state index in [4.69, 9.17) is 19.7 Å². The van der Waals surface area contributed by atoms with Crippen LogP contribution in [0.3, 0.4) is 0 Å². The van der Waals surface area contributed by atoms with E-state index >= 15 is 0 Å². The average molecular weight is 763 g/mol. The van der Waals surface area contributed by atoms with E-state index in [1.54, 1.807) is 24.2 Å². The van der Waals surface area contributed by atoms with Crippen LogP contribution in [-0.4, -0.2) is 24.9 Å². The van der Waals surface area contributed by atoms with E-state index in [1.165, 1.54) is 10.5 Å². The SMILES string of the molecule is c1ccc(N2c3ccccc3Oc3c2ccc2c3Sc3ccccc3C23c2cccnc2-c2nc(-c4cc(-c5cccnc5)nc(-c5cccnc5)c4)ccc23)cc1. The summed E-state index contributed by atoms with van der Waals surface area (Å²) in [5, 5.41) is 0. The lowest BCUT2D eigenvalue weighted by atomic mass is 9.67. The lowest BCUT2D eigenvalue weighted by molar-refractivity contribution is 0.461. The Morgan fingerprint density at radius 2 is 1.19 bits per heavy atom. The van der Waals surface area contributed by atoms with Crippen LogP contribution < -0.4 is 9.64 Å². The van der Waals surface area contributed by atoms with E-state index in [2.05, 4.69) is 130 Å². The monoisotopic (exact) mass is 762 g/mol. The van der Waals surface area contributed by atoms with Crippen LogP contribution in [0, 0.1) is 0 Å². The molecule has 4 aromatic carbocycles. The van der Waals surface area contributed by atoms with Gasteiger partial charge in [-0.1, -0.05) is 78.5 Å². The summed E-state index contributed by atoms with van der Waals surface area (Å²) in [4.78, 5) is 29.0. The van der Waals surface area contributed by atoms with Gasteiger partial charge < -0.3 is 9.64 Å². The van der Waals surface area contributed by atoms with E-state index in [-0.39, 0.29) is 0 Å². The van der Waals surface area contributed by atoms with Crippen LogP contribution in [0.25, 0.3) is 45.2 Å².